The van der Waals surface area contributed by atoms with Crippen LogP contribution in [0.4, 0.5) is 0 Å². The molecule has 0 spiro atoms. The lowest BCUT2D eigenvalue weighted by molar-refractivity contribution is 0.193. The molecule has 0 aliphatic heterocycles. The van der Waals surface area contributed by atoms with Crippen LogP contribution in [0.1, 0.15) is 5.56 Å². The van der Waals surface area contributed by atoms with Crippen LogP contribution in [0, 0.1) is 0 Å². The zero-order valence-electron chi connectivity index (χ0n) is 9.06. The molecule has 0 aromatic heterocycles. The fourth-order valence-electron chi connectivity index (χ4n) is 1.11. The van der Waals surface area contributed by atoms with Gasteiger partial charge in [-0.05, 0) is 17.7 Å². The Morgan fingerprint density at radius 2 is 2.06 bits per heavy atom. The minimum Gasteiger partial charge on any atom is -0.508 e. The molecule has 0 radical (unpaired) electrons. The predicted octanol–water partition coefficient (Wildman–Crippen LogP) is 1.03. The predicted molar refractivity (Wildman–Crippen MR) is 66.4 cm³/mol. The van der Waals surface area contributed by atoms with Gasteiger partial charge in [0.1, 0.15) is 17.5 Å². The number of aromatic hydroxyl groups is 1. The Hall–Kier alpha value is -2.01. The van der Waals surface area contributed by atoms with Crippen LogP contribution >= 0.6 is 11.6 Å². The third-order valence-electron chi connectivity index (χ3n) is 1.88. The largest absolute Gasteiger partial charge is 0.508 e. The summed E-state index contributed by atoms with van der Waals surface area (Å²) in [6, 6.07) is 6.62. The minimum absolute atomic E-state index is 0.0198. The van der Waals surface area contributed by atoms with E-state index in [0.717, 1.165) is 5.56 Å². The first kappa shape index (κ1) is 13.1. The van der Waals surface area contributed by atoms with E-state index < -0.39 is 0 Å². The van der Waals surface area contributed by atoms with Crippen LogP contribution in [0.25, 0.3) is 0 Å². The van der Waals surface area contributed by atoms with Gasteiger partial charge < -0.3 is 27.0 Å². The number of hydrogen-bond acceptors (Lipinski definition) is 5. The number of hydrogen-bond donors (Lipinski definition) is 4. The van der Waals surface area contributed by atoms with Gasteiger partial charge >= 0.3 is 0 Å². The van der Waals surface area contributed by atoms with E-state index in [4.69, 9.17) is 33.5 Å². The summed E-state index contributed by atoms with van der Waals surface area (Å²) in [5.74, 6) is 0.184. The van der Waals surface area contributed by atoms with Crippen molar-refractivity contribution in [2.24, 2.45) is 17.2 Å². The summed E-state index contributed by atoms with van der Waals surface area (Å²) in [6.07, 6.45) is 1.29. The standard InChI is InChI=1S/C11H14ClN3O2/c12-10(14)5-9(13)11(15)17-6-7-2-1-3-8(16)4-7/h1-5,16H,6,13-15H2/b10-5-,11-9-. The zero-order chi connectivity index (χ0) is 12.8. The molecule has 1 rings (SSSR count). The Morgan fingerprint density at radius 1 is 1.35 bits per heavy atom. The van der Waals surface area contributed by atoms with Crippen LogP contribution in [0.5, 0.6) is 5.75 Å². The summed E-state index contributed by atoms with van der Waals surface area (Å²) in [5.41, 5.74) is 17.3. The molecule has 1 aromatic carbocycles. The Bertz CT molecular complexity index is 454. The van der Waals surface area contributed by atoms with E-state index in [1.807, 2.05) is 0 Å². The lowest BCUT2D eigenvalue weighted by atomic mass is 10.2. The van der Waals surface area contributed by atoms with Gasteiger partial charge in [0.15, 0.2) is 0 Å². The highest BCUT2D eigenvalue weighted by atomic mass is 35.5. The first-order valence-electron chi connectivity index (χ1n) is 4.77. The second-order valence-electron chi connectivity index (χ2n) is 3.31. The number of phenolic OH excluding ortho intramolecular Hbond substituents is 1. The number of phenols is 1. The molecule has 0 bridgehead atoms. The Balaban J connectivity index is 2.65. The van der Waals surface area contributed by atoms with Crippen molar-refractivity contribution in [1.29, 1.82) is 0 Å². The van der Waals surface area contributed by atoms with E-state index in [1.165, 1.54) is 6.08 Å². The number of allylic oxidation sites excluding steroid dienone is 1. The summed E-state index contributed by atoms with van der Waals surface area (Å²) < 4.78 is 5.21. The molecule has 0 unspecified atom stereocenters. The molecule has 0 atom stereocenters. The van der Waals surface area contributed by atoms with E-state index >= 15 is 0 Å². The van der Waals surface area contributed by atoms with Crippen LogP contribution in [-0.4, -0.2) is 5.11 Å². The summed E-state index contributed by atoms with van der Waals surface area (Å²) in [4.78, 5) is 0. The van der Waals surface area contributed by atoms with Crippen molar-refractivity contribution in [3.63, 3.8) is 0 Å². The molecular formula is C11H14ClN3O2. The van der Waals surface area contributed by atoms with Crippen LogP contribution in [-0.2, 0) is 11.3 Å². The molecule has 7 N–H and O–H groups in total. The molecule has 0 aliphatic carbocycles. The second kappa shape index (κ2) is 5.91. The van der Waals surface area contributed by atoms with Crippen molar-refractivity contribution >= 4 is 11.6 Å². The number of halogens is 1. The van der Waals surface area contributed by atoms with Crippen LogP contribution < -0.4 is 17.2 Å². The molecule has 0 fully saturated rings. The monoisotopic (exact) mass is 255 g/mol. The third-order valence-corrected chi connectivity index (χ3v) is 1.99. The van der Waals surface area contributed by atoms with Gasteiger partial charge in [-0.2, -0.15) is 0 Å². The highest BCUT2D eigenvalue weighted by Crippen LogP contribution is 2.12. The smallest absolute Gasteiger partial charge is 0.208 e. The molecule has 0 saturated carbocycles. The molecule has 92 valence electrons. The average molecular weight is 256 g/mol. The van der Waals surface area contributed by atoms with Gasteiger partial charge in [0.05, 0.1) is 5.70 Å². The molecule has 17 heavy (non-hydrogen) atoms. The maximum atomic E-state index is 9.24. The highest BCUT2D eigenvalue weighted by molar-refractivity contribution is 6.29. The normalized spacial score (nSPS) is 13.1. The number of benzene rings is 1. The number of rotatable bonds is 4. The SMILES string of the molecule is NC(/C=C(\N)Cl)=C(/N)OCc1cccc(O)c1. The van der Waals surface area contributed by atoms with Crippen LogP contribution in [0.15, 0.2) is 47.1 Å². The van der Waals surface area contributed by atoms with Crippen molar-refractivity contribution in [3.8, 4) is 5.75 Å². The lowest BCUT2D eigenvalue weighted by Crippen LogP contribution is -2.12. The Labute approximate surface area is 104 Å². The quantitative estimate of drug-likeness (QED) is 0.365. The van der Waals surface area contributed by atoms with Crippen molar-refractivity contribution < 1.29 is 9.84 Å². The first-order valence-corrected chi connectivity index (χ1v) is 5.15. The molecule has 5 nitrogen and oxygen atoms in total. The van der Waals surface area contributed by atoms with Gasteiger partial charge in [-0.3, -0.25) is 0 Å². The Morgan fingerprint density at radius 3 is 2.65 bits per heavy atom. The van der Waals surface area contributed by atoms with Gasteiger partial charge in [0.25, 0.3) is 0 Å². The van der Waals surface area contributed by atoms with Gasteiger partial charge in [0.2, 0.25) is 5.88 Å². The van der Waals surface area contributed by atoms with E-state index in [0.29, 0.717) is 0 Å². The molecular weight excluding hydrogens is 242 g/mol. The minimum atomic E-state index is 0.0198. The molecule has 0 saturated heterocycles. The fraction of sp³-hybridized carbons (Fsp3) is 0.0909. The van der Waals surface area contributed by atoms with Gasteiger partial charge in [-0.1, -0.05) is 23.7 Å². The van der Waals surface area contributed by atoms with Gasteiger partial charge in [-0.25, -0.2) is 0 Å². The summed E-state index contributed by atoms with van der Waals surface area (Å²) in [5, 5.41) is 9.26. The van der Waals surface area contributed by atoms with Gasteiger partial charge in [0, 0.05) is 6.08 Å². The average Bonchev–Trinajstić information content (AvgIpc) is 2.25. The molecule has 0 aliphatic rings. The molecule has 1 aromatic rings. The van der Waals surface area contributed by atoms with Crippen molar-refractivity contribution in [3.05, 3.63) is 52.6 Å². The topological polar surface area (TPSA) is 108 Å². The maximum absolute atomic E-state index is 9.24. The summed E-state index contributed by atoms with van der Waals surface area (Å²) >= 11 is 5.44. The Kier molecular flexibility index (Phi) is 4.54. The second-order valence-corrected chi connectivity index (χ2v) is 3.74. The van der Waals surface area contributed by atoms with Crippen molar-refractivity contribution in [2.75, 3.05) is 0 Å². The van der Waals surface area contributed by atoms with Gasteiger partial charge in [-0.15, -0.1) is 0 Å². The van der Waals surface area contributed by atoms with Crippen molar-refractivity contribution in [1.82, 2.24) is 0 Å². The van der Waals surface area contributed by atoms with Crippen LogP contribution in [0.2, 0.25) is 0 Å². The molecule has 0 amide bonds. The van der Waals surface area contributed by atoms with E-state index in [2.05, 4.69) is 0 Å². The number of nitrogens with two attached hydrogens (primary N) is 3. The molecule has 6 heteroatoms. The lowest BCUT2D eigenvalue weighted by Gasteiger charge is -2.08. The summed E-state index contributed by atoms with van der Waals surface area (Å²) in [7, 11) is 0. The maximum Gasteiger partial charge on any atom is 0.208 e. The van der Waals surface area contributed by atoms with Crippen molar-refractivity contribution in [2.45, 2.75) is 6.61 Å². The fourth-order valence-corrected chi connectivity index (χ4v) is 1.23. The number of ether oxygens (including phenoxy) is 1. The first-order chi connectivity index (χ1) is 7.99. The zero-order valence-corrected chi connectivity index (χ0v) is 9.82. The van der Waals surface area contributed by atoms with E-state index in [9.17, 15) is 5.11 Å². The van der Waals surface area contributed by atoms with E-state index in [1.54, 1.807) is 24.3 Å². The van der Waals surface area contributed by atoms with Crippen LogP contribution in [0.3, 0.4) is 0 Å². The van der Waals surface area contributed by atoms with E-state index in [-0.39, 0.29) is 29.1 Å². The third kappa shape index (κ3) is 4.56. The summed E-state index contributed by atoms with van der Waals surface area (Å²) in [6.45, 7) is 0.191. The highest BCUT2D eigenvalue weighted by Gasteiger charge is 2.00. The molecule has 0 heterocycles.